The second kappa shape index (κ2) is 3.90. The zero-order valence-electron chi connectivity index (χ0n) is 8.01. The van der Waals surface area contributed by atoms with Crippen LogP contribution < -0.4 is 5.73 Å². The number of hydrogen-bond donors (Lipinski definition) is 2. The van der Waals surface area contributed by atoms with Crippen LogP contribution in [0.2, 0.25) is 0 Å². The number of hydrogen-bond acceptors (Lipinski definition) is 2. The number of amidine groups is 1. The highest BCUT2D eigenvalue weighted by Crippen LogP contribution is 2.25. The van der Waals surface area contributed by atoms with Gasteiger partial charge < -0.3 is 5.73 Å². The Morgan fingerprint density at radius 3 is 2.83 bits per heavy atom. The first kappa shape index (κ1) is 9.52. The fourth-order valence-electron chi connectivity index (χ4n) is 2.16. The molecule has 3 N–H and O–H groups in total. The zero-order valence-corrected chi connectivity index (χ0v) is 8.01. The molecule has 70 valence electrons. The SMILES string of the molecule is CCC1C(C)CCN1CC(=N)N. The van der Waals surface area contributed by atoms with E-state index in [1.165, 1.54) is 12.8 Å². The molecule has 3 nitrogen and oxygen atoms in total. The van der Waals surface area contributed by atoms with Crippen LogP contribution in [-0.2, 0) is 0 Å². The summed E-state index contributed by atoms with van der Waals surface area (Å²) in [7, 11) is 0. The van der Waals surface area contributed by atoms with Crippen molar-refractivity contribution in [3.05, 3.63) is 0 Å². The van der Waals surface area contributed by atoms with E-state index in [1.807, 2.05) is 0 Å². The van der Waals surface area contributed by atoms with E-state index in [-0.39, 0.29) is 0 Å². The van der Waals surface area contributed by atoms with Gasteiger partial charge in [-0.3, -0.25) is 10.3 Å². The van der Waals surface area contributed by atoms with E-state index in [1.54, 1.807) is 0 Å². The van der Waals surface area contributed by atoms with Crippen molar-refractivity contribution in [1.29, 1.82) is 5.41 Å². The molecule has 0 bridgehead atoms. The van der Waals surface area contributed by atoms with E-state index in [2.05, 4.69) is 18.7 Å². The first-order chi connectivity index (χ1) is 5.65. The molecule has 1 rings (SSSR count). The lowest BCUT2D eigenvalue weighted by atomic mass is 10.0. The Bertz CT molecular complexity index is 167. The third kappa shape index (κ3) is 1.97. The van der Waals surface area contributed by atoms with Crippen molar-refractivity contribution >= 4 is 5.84 Å². The molecule has 3 heteroatoms. The monoisotopic (exact) mass is 169 g/mol. The number of nitrogens with two attached hydrogens (primary N) is 1. The van der Waals surface area contributed by atoms with Crippen molar-refractivity contribution < 1.29 is 0 Å². The highest BCUT2D eigenvalue weighted by Gasteiger charge is 2.29. The number of rotatable bonds is 3. The first-order valence-corrected chi connectivity index (χ1v) is 4.72. The lowest BCUT2D eigenvalue weighted by Gasteiger charge is -2.24. The van der Waals surface area contributed by atoms with E-state index in [9.17, 15) is 0 Å². The van der Waals surface area contributed by atoms with E-state index in [0.717, 1.165) is 12.5 Å². The van der Waals surface area contributed by atoms with Gasteiger partial charge in [0.15, 0.2) is 0 Å². The minimum Gasteiger partial charge on any atom is -0.387 e. The Morgan fingerprint density at radius 2 is 2.33 bits per heavy atom. The molecule has 0 saturated carbocycles. The molecule has 0 aromatic carbocycles. The van der Waals surface area contributed by atoms with Crippen LogP contribution in [0, 0.1) is 11.3 Å². The summed E-state index contributed by atoms with van der Waals surface area (Å²) in [4.78, 5) is 2.33. The van der Waals surface area contributed by atoms with Gasteiger partial charge in [-0.15, -0.1) is 0 Å². The topological polar surface area (TPSA) is 53.1 Å². The molecule has 1 fully saturated rings. The van der Waals surface area contributed by atoms with Crippen LogP contribution in [0.5, 0.6) is 0 Å². The highest BCUT2D eigenvalue weighted by molar-refractivity contribution is 5.79. The maximum absolute atomic E-state index is 7.23. The van der Waals surface area contributed by atoms with E-state index in [4.69, 9.17) is 11.1 Å². The quantitative estimate of drug-likeness (QED) is 0.490. The molecule has 2 unspecified atom stereocenters. The van der Waals surface area contributed by atoms with Crippen molar-refractivity contribution in [2.45, 2.75) is 32.7 Å². The summed E-state index contributed by atoms with van der Waals surface area (Å²) in [6, 6.07) is 0.647. The molecule has 1 heterocycles. The number of nitrogens with one attached hydrogen (secondary N) is 1. The Balaban J connectivity index is 2.48. The van der Waals surface area contributed by atoms with Crippen LogP contribution in [0.3, 0.4) is 0 Å². The van der Waals surface area contributed by atoms with Crippen LogP contribution in [0.1, 0.15) is 26.7 Å². The fourth-order valence-corrected chi connectivity index (χ4v) is 2.16. The molecule has 1 aliphatic heterocycles. The van der Waals surface area contributed by atoms with Gasteiger partial charge in [0, 0.05) is 6.04 Å². The Morgan fingerprint density at radius 1 is 1.67 bits per heavy atom. The van der Waals surface area contributed by atoms with Gasteiger partial charge in [-0.1, -0.05) is 13.8 Å². The molecular formula is C9H19N3. The van der Waals surface area contributed by atoms with Gasteiger partial charge in [0.25, 0.3) is 0 Å². The molecule has 0 aromatic rings. The summed E-state index contributed by atoms with van der Waals surface area (Å²) >= 11 is 0. The summed E-state index contributed by atoms with van der Waals surface area (Å²) < 4.78 is 0. The Kier molecular flexibility index (Phi) is 3.09. The van der Waals surface area contributed by atoms with Crippen LogP contribution in [0.4, 0.5) is 0 Å². The molecule has 12 heavy (non-hydrogen) atoms. The van der Waals surface area contributed by atoms with Gasteiger partial charge in [-0.2, -0.15) is 0 Å². The van der Waals surface area contributed by atoms with Crippen LogP contribution in [0.25, 0.3) is 0 Å². The summed E-state index contributed by atoms with van der Waals surface area (Å²) in [5.41, 5.74) is 5.38. The highest BCUT2D eigenvalue weighted by atomic mass is 15.2. The van der Waals surface area contributed by atoms with Gasteiger partial charge in [-0.05, 0) is 25.3 Å². The van der Waals surface area contributed by atoms with Gasteiger partial charge in [0.05, 0.1) is 6.54 Å². The average Bonchev–Trinajstić information content (AvgIpc) is 2.30. The summed E-state index contributed by atoms with van der Waals surface area (Å²) in [6.07, 6.45) is 2.43. The van der Waals surface area contributed by atoms with Crippen LogP contribution >= 0.6 is 0 Å². The van der Waals surface area contributed by atoms with Crippen molar-refractivity contribution in [3.63, 3.8) is 0 Å². The van der Waals surface area contributed by atoms with Gasteiger partial charge in [-0.25, -0.2) is 0 Å². The van der Waals surface area contributed by atoms with Crippen LogP contribution in [0.15, 0.2) is 0 Å². The number of likely N-dealkylation sites (tertiary alicyclic amines) is 1. The molecule has 0 spiro atoms. The summed E-state index contributed by atoms with van der Waals surface area (Å²) in [5, 5.41) is 7.23. The maximum atomic E-state index is 7.23. The smallest absolute Gasteiger partial charge is 0.105 e. The molecular weight excluding hydrogens is 150 g/mol. The first-order valence-electron chi connectivity index (χ1n) is 4.72. The van der Waals surface area contributed by atoms with Crippen molar-refractivity contribution in [1.82, 2.24) is 4.90 Å². The Hall–Kier alpha value is -0.570. The van der Waals surface area contributed by atoms with E-state index < -0.39 is 0 Å². The molecule has 0 radical (unpaired) electrons. The summed E-state index contributed by atoms with van der Waals surface area (Å²) in [5.74, 6) is 1.07. The Labute approximate surface area is 74.4 Å². The van der Waals surface area contributed by atoms with E-state index in [0.29, 0.717) is 18.4 Å². The maximum Gasteiger partial charge on any atom is 0.105 e. The molecule has 1 saturated heterocycles. The standard InChI is InChI=1S/C9H19N3/c1-3-8-7(2)4-5-12(8)6-9(10)11/h7-8H,3-6H2,1-2H3,(H3,10,11). The van der Waals surface area contributed by atoms with Gasteiger partial charge in [0.1, 0.15) is 5.84 Å². The van der Waals surface area contributed by atoms with Crippen LogP contribution in [-0.4, -0.2) is 29.9 Å². The average molecular weight is 169 g/mol. The minimum atomic E-state index is 0.294. The lowest BCUT2D eigenvalue weighted by molar-refractivity contribution is 0.253. The van der Waals surface area contributed by atoms with Crippen molar-refractivity contribution in [2.75, 3.05) is 13.1 Å². The third-order valence-corrected chi connectivity index (χ3v) is 2.79. The second-order valence-electron chi connectivity index (χ2n) is 3.74. The third-order valence-electron chi connectivity index (χ3n) is 2.79. The fraction of sp³-hybridized carbons (Fsp3) is 0.889. The largest absolute Gasteiger partial charge is 0.387 e. The predicted molar refractivity (Wildman–Crippen MR) is 51.3 cm³/mol. The second-order valence-corrected chi connectivity index (χ2v) is 3.74. The van der Waals surface area contributed by atoms with Crippen molar-refractivity contribution in [3.8, 4) is 0 Å². The molecule has 0 amide bonds. The van der Waals surface area contributed by atoms with Gasteiger partial charge in [0.2, 0.25) is 0 Å². The minimum absolute atomic E-state index is 0.294. The van der Waals surface area contributed by atoms with E-state index >= 15 is 0 Å². The van der Waals surface area contributed by atoms with Crippen molar-refractivity contribution in [2.24, 2.45) is 11.7 Å². The molecule has 0 aliphatic carbocycles. The predicted octanol–water partition coefficient (Wildman–Crippen LogP) is 1.04. The zero-order chi connectivity index (χ0) is 9.14. The molecule has 1 aliphatic rings. The summed E-state index contributed by atoms with van der Waals surface area (Å²) in [6.45, 7) is 6.26. The number of nitrogens with zero attached hydrogens (tertiary/aromatic N) is 1. The lowest BCUT2D eigenvalue weighted by Crippen LogP contribution is -2.38. The molecule has 2 atom stereocenters. The molecule has 0 aromatic heterocycles. The van der Waals surface area contributed by atoms with Gasteiger partial charge >= 0.3 is 0 Å². The normalized spacial score (nSPS) is 30.8.